The normalized spacial score (nSPS) is 18.1. The molecule has 0 amide bonds. The number of methoxy groups -OCH3 is 1. The Balaban J connectivity index is 2.17. The van der Waals surface area contributed by atoms with Crippen LogP contribution in [-0.4, -0.2) is 39.5 Å². The molecule has 0 unspecified atom stereocenters. The highest BCUT2D eigenvalue weighted by atomic mass is 28.4. The first-order chi connectivity index (χ1) is 13.5. The summed E-state index contributed by atoms with van der Waals surface area (Å²) in [6, 6.07) is 21.8. The lowest BCUT2D eigenvalue weighted by Crippen LogP contribution is -2.53. The van der Waals surface area contributed by atoms with E-state index in [-0.39, 0.29) is 6.04 Å². The van der Waals surface area contributed by atoms with E-state index in [0.29, 0.717) is 6.61 Å². The zero-order chi connectivity index (χ0) is 20.0. The lowest BCUT2D eigenvalue weighted by molar-refractivity contribution is 0.0282. The predicted molar refractivity (Wildman–Crippen MR) is 119 cm³/mol. The largest absolute Gasteiger partial charge is 0.402 e. The van der Waals surface area contributed by atoms with Gasteiger partial charge in [-0.25, -0.2) is 0 Å². The van der Waals surface area contributed by atoms with Crippen molar-refractivity contribution in [3.05, 3.63) is 84.1 Å². The molecule has 0 radical (unpaired) electrons. The van der Waals surface area contributed by atoms with E-state index >= 15 is 0 Å². The molecule has 1 saturated heterocycles. The minimum atomic E-state index is -1.87. The van der Waals surface area contributed by atoms with Crippen LogP contribution in [-0.2, 0) is 14.8 Å². The molecular weight excluding hydrogens is 362 g/mol. The molecule has 0 bridgehead atoms. The van der Waals surface area contributed by atoms with Crippen LogP contribution < -0.4 is 0 Å². The van der Waals surface area contributed by atoms with Crippen molar-refractivity contribution in [1.82, 2.24) is 4.90 Å². The van der Waals surface area contributed by atoms with Crippen LogP contribution in [0, 0.1) is 0 Å². The van der Waals surface area contributed by atoms with Gasteiger partial charge in [0.25, 0.3) is 0 Å². The number of nitrogens with zero attached hydrogens (tertiary/aromatic N) is 1. The zero-order valence-corrected chi connectivity index (χ0v) is 18.6. The van der Waals surface area contributed by atoms with Crippen molar-refractivity contribution < 1.29 is 9.16 Å². The van der Waals surface area contributed by atoms with Crippen molar-refractivity contribution in [3.8, 4) is 0 Å². The Kier molecular flexibility index (Phi) is 6.76. The monoisotopic (exact) mass is 395 g/mol. The van der Waals surface area contributed by atoms with Crippen LogP contribution in [0.1, 0.15) is 24.0 Å². The molecule has 1 aliphatic heterocycles. The van der Waals surface area contributed by atoms with E-state index in [1.54, 1.807) is 7.11 Å². The van der Waals surface area contributed by atoms with Crippen molar-refractivity contribution in [2.45, 2.75) is 44.1 Å². The fourth-order valence-corrected chi connectivity index (χ4v) is 5.61. The Labute approximate surface area is 171 Å². The quantitative estimate of drug-likeness (QED) is 0.558. The van der Waals surface area contributed by atoms with Crippen molar-refractivity contribution in [3.63, 3.8) is 0 Å². The van der Waals surface area contributed by atoms with Gasteiger partial charge in [-0.05, 0) is 55.9 Å². The molecule has 0 saturated carbocycles. The summed E-state index contributed by atoms with van der Waals surface area (Å²) in [4.78, 5) is 2.46. The van der Waals surface area contributed by atoms with Gasteiger partial charge in [-0.15, -0.1) is 0 Å². The second kappa shape index (κ2) is 9.08. The minimum absolute atomic E-state index is 0.247. The maximum Gasteiger partial charge on any atom is 0.185 e. The summed E-state index contributed by atoms with van der Waals surface area (Å²) in [5.41, 5.74) is 1.99. The second-order valence-electron chi connectivity index (χ2n) is 8.42. The van der Waals surface area contributed by atoms with Crippen molar-refractivity contribution in [2.75, 3.05) is 20.3 Å². The highest BCUT2D eigenvalue weighted by molar-refractivity contribution is 6.69. The summed E-state index contributed by atoms with van der Waals surface area (Å²) < 4.78 is 12.4. The Morgan fingerprint density at radius 2 is 1.57 bits per heavy atom. The van der Waals surface area contributed by atoms with Crippen molar-refractivity contribution >= 4 is 8.32 Å². The van der Waals surface area contributed by atoms with Crippen LogP contribution in [0.2, 0.25) is 19.6 Å². The Morgan fingerprint density at radius 1 is 1.00 bits per heavy atom. The maximum atomic E-state index is 7.15. The van der Waals surface area contributed by atoms with Gasteiger partial charge in [0.15, 0.2) is 8.32 Å². The van der Waals surface area contributed by atoms with E-state index in [9.17, 15) is 0 Å². The number of ether oxygens (including phenoxy) is 1. The highest BCUT2D eigenvalue weighted by Crippen LogP contribution is 2.45. The van der Waals surface area contributed by atoms with Gasteiger partial charge in [0.1, 0.15) is 5.60 Å². The lowest BCUT2D eigenvalue weighted by atomic mass is 9.79. The molecule has 0 N–H and O–H groups in total. The van der Waals surface area contributed by atoms with Crippen molar-refractivity contribution in [1.29, 1.82) is 0 Å². The fourth-order valence-electron chi connectivity index (χ4n) is 4.27. The van der Waals surface area contributed by atoms with Gasteiger partial charge in [-0.1, -0.05) is 60.7 Å². The van der Waals surface area contributed by atoms with E-state index in [1.165, 1.54) is 17.5 Å². The first kappa shape index (κ1) is 20.8. The van der Waals surface area contributed by atoms with Crippen molar-refractivity contribution in [2.24, 2.45) is 0 Å². The average molecular weight is 396 g/mol. The van der Waals surface area contributed by atoms with Crippen LogP contribution in [0.3, 0.4) is 0 Å². The topological polar surface area (TPSA) is 21.7 Å². The molecule has 0 spiro atoms. The van der Waals surface area contributed by atoms with E-state index in [2.05, 4.69) is 97.5 Å². The standard InChI is InChI=1S/C24H33NO2Si/c1-26-20-12-19-25-18-11-17-23(25)24(27-28(2,3)4,21-13-7-5-8-14-21)22-15-9-6-10-16-22/h5-10,12-16,19,23H,11,17-18,20H2,1-4H3/t23-/m0/s1. The third-order valence-corrected chi connectivity index (χ3v) is 6.13. The highest BCUT2D eigenvalue weighted by Gasteiger charge is 2.49. The molecular formula is C24H33NO2Si. The SMILES string of the molecule is COCC=CN1CCC[C@H]1C(O[Si](C)(C)C)(c1ccccc1)c1ccccc1. The van der Waals surface area contributed by atoms with Crippen LogP contribution in [0.4, 0.5) is 0 Å². The summed E-state index contributed by atoms with van der Waals surface area (Å²) in [6.45, 7) is 8.53. The molecule has 3 rings (SSSR count). The van der Waals surface area contributed by atoms with Crippen LogP contribution in [0.25, 0.3) is 0 Å². The smallest absolute Gasteiger partial charge is 0.185 e. The van der Waals surface area contributed by atoms with E-state index in [0.717, 1.165) is 13.0 Å². The molecule has 0 aromatic heterocycles. The minimum Gasteiger partial charge on any atom is -0.402 e. The number of benzene rings is 2. The molecule has 1 aliphatic rings. The van der Waals surface area contributed by atoms with E-state index in [1.807, 2.05) is 0 Å². The first-order valence-corrected chi connectivity index (χ1v) is 13.6. The van der Waals surface area contributed by atoms with E-state index in [4.69, 9.17) is 9.16 Å². The van der Waals surface area contributed by atoms with E-state index < -0.39 is 13.9 Å². The van der Waals surface area contributed by atoms with Gasteiger partial charge in [0.05, 0.1) is 12.6 Å². The molecule has 2 aromatic carbocycles. The fraction of sp³-hybridized carbons (Fsp3) is 0.417. The summed E-state index contributed by atoms with van der Waals surface area (Å²) in [7, 11) is -0.134. The number of likely N-dealkylation sites (tertiary alicyclic amines) is 1. The van der Waals surface area contributed by atoms with Gasteiger partial charge in [0, 0.05) is 13.7 Å². The van der Waals surface area contributed by atoms with Gasteiger partial charge >= 0.3 is 0 Å². The first-order valence-electron chi connectivity index (χ1n) is 10.2. The summed E-state index contributed by atoms with van der Waals surface area (Å²) >= 11 is 0. The van der Waals surface area contributed by atoms with Gasteiger partial charge in [0.2, 0.25) is 0 Å². The van der Waals surface area contributed by atoms with Gasteiger partial charge in [-0.2, -0.15) is 0 Å². The second-order valence-corrected chi connectivity index (χ2v) is 12.8. The number of hydrogen-bond acceptors (Lipinski definition) is 3. The molecule has 28 heavy (non-hydrogen) atoms. The average Bonchev–Trinajstić information content (AvgIpc) is 3.16. The lowest BCUT2D eigenvalue weighted by Gasteiger charge is -2.47. The Hall–Kier alpha value is -1.88. The third kappa shape index (κ3) is 4.57. The van der Waals surface area contributed by atoms with Crippen LogP contribution in [0.5, 0.6) is 0 Å². The molecule has 1 atom stereocenters. The van der Waals surface area contributed by atoms with Crippen LogP contribution in [0.15, 0.2) is 72.9 Å². The summed E-state index contributed by atoms with van der Waals surface area (Å²) in [6.07, 6.45) is 6.58. The zero-order valence-electron chi connectivity index (χ0n) is 17.6. The predicted octanol–water partition coefficient (Wildman–Crippen LogP) is 5.41. The van der Waals surface area contributed by atoms with Gasteiger partial charge < -0.3 is 14.1 Å². The molecule has 0 aliphatic carbocycles. The molecule has 1 fully saturated rings. The summed E-state index contributed by atoms with van der Waals surface area (Å²) in [5.74, 6) is 0. The molecule has 1 heterocycles. The number of rotatable bonds is 8. The summed E-state index contributed by atoms with van der Waals surface area (Å²) in [5, 5.41) is 0. The molecule has 3 nitrogen and oxygen atoms in total. The van der Waals surface area contributed by atoms with Crippen LogP contribution >= 0.6 is 0 Å². The molecule has 2 aromatic rings. The maximum absolute atomic E-state index is 7.15. The Morgan fingerprint density at radius 3 is 2.07 bits per heavy atom. The van der Waals surface area contributed by atoms with Gasteiger partial charge in [-0.3, -0.25) is 0 Å². The number of hydrogen-bond donors (Lipinski definition) is 0. The molecule has 4 heteroatoms. The molecule has 150 valence electrons. The Bertz CT molecular complexity index is 716. The third-order valence-electron chi connectivity index (χ3n) is 5.20.